The molecule has 0 atom stereocenters. The third kappa shape index (κ3) is 4.86. The Morgan fingerprint density at radius 3 is 1.59 bits per heavy atom. The SMILES string of the molecule is [2H]c1c([2H])c([2H])c(-c2ccc3oc(-c4c([2H])c([2H])c([2H])c([2H])c4[2H])c(-c4c5ccccc5c(-c5ccccc5-c5ccc6ccccc6c5)c5ccccc45)c3c2)c([2H])c1[2H]. The molecule has 0 N–H and O–H groups in total. The van der Waals surface area contributed by atoms with Gasteiger partial charge in [0.25, 0.3) is 0 Å². The molecule has 10 rings (SSSR count). The Morgan fingerprint density at radius 2 is 0.902 bits per heavy atom. The summed E-state index contributed by atoms with van der Waals surface area (Å²) in [7, 11) is 0. The molecule has 0 spiro atoms. The number of benzene rings is 9. The molecule has 0 unspecified atom stereocenters. The average Bonchev–Trinajstić information content (AvgIpc) is 3.65. The van der Waals surface area contributed by atoms with Crippen LogP contribution in [0.5, 0.6) is 0 Å². The van der Waals surface area contributed by atoms with E-state index in [9.17, 15) is 0 Å². The van der Waals surface area contributed by atoms with E-state index < -0.39 is 48.3 Å². The number of hydrogen-bond acceptors (Lipinski definition) is 1. The van der Waals surface area contributed by atoms with Gasteiger partial charge in [-0.05, 0) is 83.9 Å². The third-order valence-corrected chi connectivity index (χ3v) is 9.64. The Balaban J connectivity index is 1.35. The fourth-order valence-electron chi connectivity index (χ4n) is 7.43. The van der Waals surface area contributed by atoms with Crippen molar-refractivity contribution in [2.24, 2.45) is 0 Å². The molecule has 10 aromatic rings. The lowest BCUT2D eigenvalue weighted by molar-refractivity contribution is 0.632. The lowest BCUT2D eigenvalue weighted by Crippen LogP contribution is -1.93. The second-order valence-electron chi connectivity index (χ2n) is 12.5. The van der Waals surface area contributed by atoms with Gasteiger partial charge in [0.15, 0.2) is 0 Å². The van der Waals surface area contributed by atoms with Crippen LogP contribution in [0.2, 0.25) is 0 Å². The van der Waals surface area contributed by atoms with Crippen LogP contribution in [0.15, 0.2) is 198 Å². The normalized spacial score (nSPS) is 14.3. The monoisotopic (exact) mass is 658 g/mol. The van der Waals surface area contributed by atoms with E-state index in [4.69, 9.17) is 18.1 Å². The van der Waals surface area contributed by atoms with Gasteiger partial charge in [-0.2, -0.15) is 0 Å². The first kappa shape index (κ1) is 20.7. The van der Waals surface area contributed by atoms with Gasteiger partial charge in [0.2, 0.25) is 0 Å². The van der Waals surface area contributed by atoms with E-state index in [2.05, 4.69) is 54.6 Å². The minimum atomic E-state index is -0.537. The van der Waals surface area contributed by atoms with Crippen molar-refractivity contribution in [3.63, 3.8) is 0 Å². The van der Waals surface area contributed by atoms with Gasteiger partial charge in [-0.3, -0.25) is 0 Å². The summed E-state index contributed by atoms with van der Waals surface area (Å²) in [6, 6.07) is 39.3. The average molecular weight is 659 g/mol. The molecule has 9 aromatic carbocycles. The van der Waals surface area contributed by atoms with Crippen LogP contribution in [0.1, 0.15) is 13.7 Å². The first-order valence-electron chi connectivity index (χ1n) is 21.7. The summed E-state index contributed by atoms with van der Waals surface area (Å²) >= 11 is 0. The zero-order valence-corrected chi connectivity index (χ0v) is 27.1. The Labute approximate surface area is 310 Å². The molecule has 238 valence electrons. The Bertz CT molecular complexity index is 3380. The molecule has 1 aromatic heterocycles. The highest BCUT2D eigenvalue weighted by molar-refractivity contribution is 6.25. The van der Waals surface area contributed by atoms with Crippen LogP contribution in [0, 0.1) is 0 Å². The van der Waals surface area contributed by atoms with Crippen molar-refractivity contribution in [2.45, 2.75) is 0 Å². The minimum absolute atomic E-state index is 0.000212. The van der Waals surface area contributed by atoms with Crippen LogP contribution in [-0.4, -0.2) is 0 Å². The van der Waals surface area contributed by atoms with Gasteiger partial charge >= 0.3 is 0 Å². The molecular formula is C50H32O. The molecule has 0 saturated carbocycles. The molecule has 0 bridgehead atoms. The summed E-state index contributed by atoms with van der Waals surface area (Å²) in [4.78, 5) is 0. The predicted octanol–water partition coefficient (Wildman–Crippen LogP) is 14.2. The molecular weight excluding hydrogens is 617 g/mol. The van der Waals surface area contributed by atoms with Crippen molar-refractivity contribution in [3.8, 4) is 55.8 Å². The van der Waals surface area contributed by atoms with Gasteiger partial charge in [-0.15, -0.1) is 0 Å². The highest BCUT2D eigenvalue weighted by Crippen LogP contribution is 2.51. The molecule has 0 saturated heterocycles. The quantitative estimate of drug-likeness (QED) is 0.168. The largest absolute Gasteiger partial charge is 0.455 e. The standard InChI is InChI=1S/C50H32O/c1-3-15-33(16-4-1)37-29-30-46-45(32-37)49(50(51-46)35-18-5-2-6-19-35)48-43-25-13-11-23-41(43)47(42-24-12-14-26-44(42)48)40-22-10-9-21-39(40)38-28-27-34-17-7-8-20-36(34)31-38/h1-32H/i1D,2D,3D,4D,5D,6D,15D,16D,18D,19D. The first-order valence-corrected chi connectivity index (χ1v) is 16.7. The summed E-state index contributed by atoms with van der Waals surface area (Å²) in [5, 5.41) is 6.12. The summed E-state index contributed by atoms with van der Waals surface area (Å²) in [6.45, 7) is 0. The number of furan rings is 1. The predicted molar refractivity (Wildman–Crippen MR) is 216 cm³/mol. The Morgan fingerprint density at radius 1 is 0.353 bits per heavy atom. The van der Waals surface area contributed by atoms with Crippen molar-refractivity contribution >= 4 is 43.3 Å². The highest BCUT2D eigenvalue weighted by atomic mass is 16.3. The number of hydrogen-bond donors (Lipinski definition) is 0. The van der Waals surface area contributed by atoms with E-state index in [1.54, 1.807) is 18.2 Å². The maximum absolute atomic E-state index is 9.09. The van der Waals surface area contributed by atoms with Crippen LogP contribution < -0.4 is 0 Å². The Kier molecular flexibility index (Phi) is 4.88. The molecule has 0 aliphatic carbocycles. The van der Waals surface area contributed by atoms with Gasteiger partial charge < -0.3 is 4.42 Å². The van der Waals surface area contributed by atoms with Crippen molar-refractivity contribution < 1.29 is 18.1 Å². The van der Waals surface area contributed by atoms with Crippen LogP contribution in [-0.2, 0) is 0 Å². The van der Waals surface area contributed by atoms with Crippen LogP contribution in [0.4, 0.5) is 0 Å². The molecule has 51 heavy (non-hydrogen) atoms. The minimum Gasteiger partial charge on any atom is -0.455 e. The lowest BCUT2D eigenvalue weighted by atomic mass is 9.82. The van der Waals surface area contributed by atoms with Crippen molar-refractivity contribution in [1.29, 1.82) is 0 Å². The van der Waals surface area contributed by atoms with Crippen molar-refractivity contribution in [1.82, 2.24) is 0 Å². The van der Waals surface area contributed by atoms with Gasteiger partial charge in [-0.1, -0.05) is 176 Å². The van der Waals surface area contributed by atoms with E-state index in [0.29, 0.717) is 27.7 Å². The van der Waals surface area contributed by atoms with Crippen molar-refractivity contribution in [2.75, 3.05) is 0 Å². The van der Waals surface area contributed by atoms with Crippen LogP contribution in [0.25, 0.3) is 99.1 Å². The van der Waals surface area contributed by atoms with Gasteiger partial charge in [0, 0.05) is 22.1 Å². The lowest BCUT2D eigenvalue weighted by Gasteiger charge is -2.20. The summed E-state index contributed by atoms with van der Waals surface area (Å²) < 4.78 is 93.0. The van der Waals surface area contributed by atoms with E-state index in [1.807, 2.05) is 60.7 Å². The maximum Gasteiger partial charge on any atom is 0.143 e. The molecule has 0 amide bonds. The van der Waals surface area contributed by atoms with Gasteiger partial charge in [0.1, 0.15) is 11.3 Å². The molecule has 1 nitrogen and oxygen atoms in total. The smallest absolute Gasteiger partial charge is 0.143 e. The molecule has 0 fully saturated rings. The number of fused-ring (bicyclic) bond motifs is 4. The van der Waals surface area contributed by atoms with E-state index in [0.717, 1.165) is 54.6 Å². The molecule has 0 aliphatic heterocycles. The fraction of sp³-hybridized carbons (Fsp3) is 0. The number of rotatable bonds is 5. The van der Waals surface area contributed by atoms with Crippen molar-refractivity contribution in [3.05, 3.63) is 194 Å². The third-order valence-electron chi connectivity index (χ3n) is 9.64. The van der Waals surface area contributed by atoms with E-state index in [-0.39, 0.29) is 29.0 Å². The zero-order valence-electron chi connectivity index (χ0n) is 37.1. The molecule has 0 radical (unpaired) electrons. The summed E-state index contributed by atoms with van der Waals surface area (Å²) in [6.07, 6.45) is 0. The van der Waals surface area contributed by atoms with Gasteiger partial charge in [-0.25, -0.2) is 0 Å². The second kappa shape index (κ2) is 12.0. The first-order chi connectivity index (χ1) is 29.5. The van der Waals surface area contributed by atoms with Crippen LogP contribution in [0.3, 0.4) is 0 Å². The Hall–Kier alpha value is -6.70. The highest BCUT2D eigenvalue weighted by Gasteiger charge is 2.25. The topological polar surface area (TPSA) is 13.1 Å². The molecule has 0 aliphatic rings. The van der Waals surface area contributed by atoms with Gasteiger partial charge in [0.05, 0.1) is 13.7 Å². The summed E-state index contributed by atoms with van der Waals surface area (Å²) in [5.74, 6) is 0.0461. The van der Waals surface area contributed by atoms with E-state index >= 15 is 0 Å². The van der Waals surface area contributed by atoms with E-state index in [1.165, 1.54) is 0 Å². The fourth-order valence-corrected chi connectivity index (χ4v) is 7.43. The molecule has 1 heterocycles. The maximum atomic E-state index is 9.09. The zero-order chi connectivity index (χ0) is 42.4. The molecule has 1 heteroatoms. The second-order valence-corrected chi connectivity index (χ2v) is 12.5. The van der Waals surface area contributed by atoms with Crippen LogP contribution >= 0.6 is 0 Å². The summed E-state index contributed by atoms with van der Waals surface area (Å²) in [5.41, 5.74) is 5.70.